The monoisotopic (exact) mass is 404 g/mol. The largest absolute Gasteiger partial charge is 0.416 e. The maximum absolute atomic E-state index is 14.2. The second-order valence-electron chi connectivity index (χ2n) is 6.90. The van der Waals surface area contributed by atoms with Crippen LogP contribution in [0.25, 0.3) is 11.4 Å². The summed E-state index contributed by atoms with van der Waals surface area (Å²) in [4.78, 5) is 14.1. The topological polar surface area (TPSA) is 51.0 Å². The van der Waals surface area contributed by atoms with Crippen LogP contribution in [0.15, 0.2) is 48.5 Å². The van der Waals surface area contributed by atoms with Gasteiger partial charge in [-0.25, -0.2) is 4.39 Å². The SMILES string of the molecule is C[C@H]1CN(C(=O)c2ccc(C(F)(F)F)cc2F)Cc2nnc(-c3ccccc3)n21. The zero-order valence-corrected chi connectivity index (χ0v) is 15.3. The lowest BCUT2D eigenvalue weighted by Gasteiger charge is -2.32. The van der Waals surface area contributed by atoms with Gasteiger partial charge in [0, 0.05) is 12.1 Å². The zero-order valence-electron chi connectivity index (χ0n) is 15.3. The molecule has 150 valence electrons. The van der Waals surface area contributed by atoms with Gasteiger partial charge in [0.1, 0.15) is 5.82 Å². The Bertz CT molecular complexity index is 1060. The van der Waals surface area contributed by atoms with Crippen LogP contribution < -0.4 is 0 Å². The summed E-state index contributed by atoms with van der Waals surface area (Å²) in [6, 6.07) is 11.2. The Kier molecular flexibility index (Phi) is 4.60. The lowest BCUT2D eigenvalue weighted by molar-refractivity contribution is -0.137. The highest BCUT2D eigenvalue weighted by Gasteiger charge is 2.34. The predicted molar refractivity (Wildman–Crippen MR) is 96.3 cm³/mol. The summed E-state index contributed by atoms with van der Waals surface area (Å²) in [5, 5.41) is 8.37. The number of rotatable bonds is 2. The number of hydrogen-bond donors (Lipinski definition) is 0. The second-order valence-corrected chi connectivity index (χ2v) is 6.90. The molecule has 0 radical (unpaired) electrons. The lowest BCUT2D eigenvalue weighted by atomic mass is 10.1. The Morgan fingerprint density at radius 2 is 1.83 bits per heavy atom. The molecule has 1 aliphatic heterocycles. The molecule has 5 nitrogen and oxygen atoms in total. The Labute approximate surface area is 163 Å². The minimum atomic E-state index is -4.67. The van der Waals surface area contributed by atoms with Crippen molar-refractivity contribution in [3.8, 4) is 11.4 Å². The predicted octanol–water partition coefficient (Wildman–Crippen LogP) is 4.32. The van der Waals surface area contributed by atoms with Gasteiger partial charge in [-0.2, -0.15) is 13.2 Å². The number of fused-ring (bicyclic) bond motifs is 1. The van der Waals surface area contributed by atoms with Gasteiger partial charge in [-0.15, -0.1) is 10.2 Å². The zero-order chi connectivity index (χ0) is 20.8. The van der Waals surface area contributed by atoms with E-state index in [1.54, 1.807) is 0 Å². The van der Waals surface area contributed by atoms with Crippen molar-refractivity contribution >= 4 is 5.91 Å². The normalized spacial score (nSPS) is 16.6. The fraction of sp³-hybridized carbons (Fsp3) is 0.250. The van der Waals surface area contributed by atoms with Crippen molar-refractivity contribution in [2.75, 3.05) is 6.54 Å². The molecule has 2 aromatic carbocycles. The summed E-state index contributed by atoms with van der Waals surface area (Å²) in [7, 11) is 0. The number of nitrogens with zero attached hydrogens (tertiary/aromatic N) is 4. The molecule has 0 saturated heterocycles. The van der Waals surface area contributed by atoms with E-state index in [1.807, 2.05) is 41.8 Å². The first-order valence-corrected chi connectivity index (χ1v) is 8.91. The highest BCUT2D eigenvalue weighted by molar-refractivity contribution is 5.94. The van der Waals surface area contributed by atoms with Crippen molar-refractivity contribution in [2.45, 2.75) is 25.7 Å². The van der Waals surface area contributed by atoms with Gasteiger partial charge < -0.3 is 9.47 Å². The van der Waals surface area contributed by atoms with E-state index < -0.39 is 29.0 Å². The van der Waals surface area contributed by atoms with E-state index in [-0.39, 0.29) is 19.1 Å². The van der Waals surface area contributed by atoms with Crippen molar-refractivity contribution in [3.63, 3.8) is 0 Å². The van der Waals surface area contributed by atoms with Crippen LogP contribution in [0.3, 0.4) is 0 Å². The minimum Gasteiger partial charge on any atom is -0.329 e. The lowest BCUT2D eigenvalue weighted by Crippen LogP contribution is -2.40. The second kappa shape index (κ2) is 6.98. The highest BCUT2D eigenvalue weighted by atomic mass is 19.4. The molecule has 1 amide bonds. The van der Waals surface area contributed by atoms with Crippen molar-refractivity contribution in [2.24, 2.45) is 0 Å². The molecule has 1 atom stereocenters. The van der Waals surface area contributed by atoms with Gasteiger partial charge in [-0.1, -0.05) is 30.3 Å². The molecular formula is C20H16F4N4O. The third-order valence-corrected chi connectivity index (χ3v) is 4.87. The van der Waals surface area contributed by atoms with Gasteiger partial charge in [0.05, 0.1) is 23.7 Å². The van der Waals surface area contributed by atoms with E-state index >= 15 is 0 Å². The average molecular weight is 404 g/mol. The van der Waals surface area contributed by atoms with E-state index in [9.17, 15) is 22.4 Å². The number of carbonyl (C=O) groups excluding carboxylic acids is 1. The molecule has 0 fully saturated rings. The van der Waals surface area contributed by atoms with E-state index in [1.165, 1.54) is 4.90 Å². The molecular weight excluding hydrogens is 388 g/mol. The maximum Gasteiger partial charge on any atom is 0.416 e. The third-order valence-electron chi connectivity index (χ3n) is 4.87. The first kappa shape index (κ1) is 19.1. The van der Waals surface area contributed by atoms with Gasteiger partial charge >= 0.3 is 6.18 Å². The molecule has 0 saturated carbocycles. The molecule has 4 rings (SSSR count). The summed E-state index contributed by atoms with van der Waals surface area (Å²) in [5.41, 5.74) is -0.654. The van der Waals surface area contributed by atoms with E-state index in [0.29, 0.717) is 23.8 Å². The van der Waals surface area contributed by atoms with Crippen molar-refractivity contribution in [3.05, 3.63) is 71.3 Å². The van der Waals surface area contributed by atoms with E-state index in [0.717, 1.165) is 11.6 Å². The molecule has 9 heteroatoms. The Balaban J connectivity index is 1.62. The fourth-order valence-corrected chi connectivity index (χ4v) is 3.50. The van der Waals surface area contributed by atoms with Crippen LogP contribution in [0, 0.1) is 5.82 Å². The molecule has 0 aliphatic carbocycles. The first-order chi connectivity index (χ1) is 13.8. The maximum atomic E-state index is 14.2. The fourth-order valence-electron chi connectivity index (χ4n) is 3.50. The number of halogens is 4. The number of benzene rings is 2. The molecule has 1 aromatic heterocycles. The number of carbonyl (C=O) groups is 1. The Morgan fingerprint density at radius 1 is 1.10 bits per heavy atom. The molecule has 0 unspecified atom stereocenters. The summed E-state index contributed by atoms with van der Waals surface area (Å²) < 4.78 is 54.3. The van der Waals surface area contributed by atoms with Crippen LogP contribution in [0.5, 0.6) is 0 Å². The van der Waals surface area contributed by atoms with E-state index in [4.69, 9.17) is 0 Å². The smallest absolute Gasteiger partial charge is 0.329 e. The molecule has 0 N–H and O–H groups in total. The van der Waals surface area contributed by atoms with Gasteiger partial charge in [0.2, 0.25) is 0 Å². The van der Waals surface area contributed by atoms with Crippen LogP contribution in [0.2, 0.25) is 0 Å². The van der Waals surface area contributed by atoms with Crippen molar-refractivity contribution in [1.29, 1.82) is 0 Å². The van der Waals surface area contributed by atoms with E-state index in [2.05, 4.69) is 10.2 Å². The minimum absolute atomic E-state index is 0.0868. The van der Waals surface area contributed by atoms with Crippen LogP contribution in [-0.4, -0.2) is 32.1 Å². The molecule has 3 aromatic rings. The third kappa shape index (κ3) is 3.48. The van der Waals surface area contributed by atoms with Crippen LogP contribution >= 0.6 is 0 Å². The van der Waals surface area contributed by atoms with Crippen LogP contribution in [0.1, 0.15) is 34.7 Å². The summed E-state index contributed by atoms with van der Waals surface area (Å²) in [5.74, 6) is -0.683. The molecule has 0 spiro atoms. The van der Waals surface area contributed by atoms with Gasteiger partial charge in [-0.3, -0.25) is 4.79 Å². The van der Waals surface area contributed by atoms with Gasteiger partial charge in [0.15, 0.2) is 11.6 Å². The number of alkyl halides is 3. The first-order valence-electron chi connectivity index (χ1n) is 8.91. The van der Waals surface area contributed by atoms with Gasteiger partial charge in [0.25, 0.3) is 5.91 Å². The quantitative estimate of drug-likeness (QED) is 0.598. The standard InChI is InChI=1S/C20H16F4N4O/c1-12-10-27(19(29)15-8-7-14(9-16(15)21)20(22,23)24)11-17-25-26-18(28(12)17)13-5-3-2-4-6-13/h2-9,12H,10-11H2,1H3/t12-/m0/s1. The van der Waals surface area contributed by atoms with Gasteiger partial charge in [-0.05, 0) is 25.1 Å². The molecule has 2 heterocycles. The molecule has 1 aliphatic rings. The van der Waals surface area contributed by atoms with Crippen molar-refractivity contribution in [1.82, 2.24) is 19.7 Å². The number of hydrogen-bond acceptors (Lipinski definition) is 3. The highest BCUT2D eigenvalue weighted by Crippen LogP contribution is 2.32. The number of aromatic nitrogens is 3. The molecule has 0 bridgehead atoms. The van der Waals surface area contributed by atoms with Crippen LogP contribution in [0.4, 0.5) is 17.6 Å². The average Bonchev–Trinajstić information content (AvgIpc) is 3.12. The Hall–Kier alpha value is -3.23. The van der Waals surface area contributed by atoms with Crippen molar-refractivity contribution < 1.29 is 22.4 Å². The molecule has 29 heavy (non-hydrogen) atoms. The summed E-state index contributed by atoms with van der Waals surface area (Å²) in [6.45, 7) is 2.22. The summed E-state index contributed by atoms with van der Waals surface area (Å²) >= 11 is 0. The summed E-state index contributed by atoms with van der Waals surface area (Å²) in [6.07, 6.45) is -4.67. The Morgan fingerprint density at radius 3 is 2.48 bits per heavy atom. The van der Waals surface area contributed by atoms with Crippen LogP contribution in [-0.2, 0) is 12.7 Å². The number of amides is 1.